The van der Waals surface area contributed by atoms with Crippen molar-refractivity contribution in [2.75, 3.05) is 0 Å². The monoisotopic (exact) mass is 214 g/mol. The molecule has 1 unspecified atom stereocenters. The maximum atomic E-state index is 11.4. The minimum Gasteiger partial charge on any atom is -0.432 e. The predicted octanol–water partition coefficient (Wildman–Crippen LogP) is 1.67. The first-order chi connectivity index (χ1) is 6.94. The van der Waals surface area contributed by atoms with Gasteiger partial charge in [-0.15, -0.1) is 0 Å². The second-order valence-corrected chi connectivity index (χ2v) is 4.51. The van der Waals surface area contributed by atoms with E-state index in [-0.39, 0.29) is 5.97 Å². The lowest BCUT2D eigenvalue weighted by Gasteiger charge is -2.16. The molecule has 0 saturated carbocycles. The lowest BCUT2D eigenvalue weighted by Crippen LogP contribution is -2.22. The smallest absolute Gasteiger partial charge is 0.337 e. The van der Waals surface area contributed by atoms with Crippen molar-refractivity contribution in [2.45, 2.75) is 51.9 Å². The van der Waals surface area contributed by atoms with Crippen molar-refractivity contribution in [3.63, 3.8) is 0 Å². The van der Waals surface area contributed by atoms with E-state index in [4.69, 9.17) is 9.47 Å². The number of hydrogen-bond acceptors (Lipinski definition) is 4. The predicted molar refractivity (Wildman–Crippen MR) is 54.1 cm³/mol. The molecule has 1 saturated heterocycles. The van der Waals surface area contributed by atoms with E-state index < -0.39 is 11.9 Å². The standard InChI is InChI=1S/C11H18O4/c1-8(5-4-6-12)7-9-10(13)15-11(2,3)14-9/h6,8-9H,4-5,7H2,1-3H3/t8?,9-/m0/s1. The second kappa shape index (κ2) is 4.75. The topological polar surface area (TPSA) is 52.6 Å². The summed E-state index contributed by atoms with van der Waals surface area (Å²) in [4.78, 5) is 21.6. The maximum Gasteiger partial charge on any atom is 0.337 e. The van der Waals surface area contributed by atoms with Crippen LogP contribution < -0.4 is 0 Å². The van der Waals surface area contributed by atoms with Gasteiger partial charge in [0.05, 0.1) is 0 Å². The number of rotatable bonds is 5. The molecule has 0 aromatic carbocycles. The number of esters is 1. The molecule has 0 bridgehead atoms. The van der Waals surface area contributed by atoms with Gasteiger partial charge in [0.2, 0.25) is 5.79 Å². The first kappa shape index (κ1) is 12.2. The molecule has 0 aliphatic carbocycles. The fraction of sp³-hybridized carbons (Fsp3) is 0.818. The quantitative estimate of drug-likeness (QED) is 0.516. The highest BCUT2D eigenvalue weighted by Crippen LogP contribution is 2.28. The van der Waals surface area contributed by atoms with Crippen LogP contribution in [0.2, 0.25) is 0 Å². The second-order valence-electron chi connectivity index (χ2n) is 4.51. The summed E-state index contributed by atoms with van der Waals surface area (Å²) in [6.07, 6.45) is 2.37. The van der Waals surface area contributed by atoms with Crippen molar-refractivity contribution in [2.24, 2.45) is 5.92 Å². The normalized spacial score (nSPS) is 26.1. The molecular formula is C11H18O4. The van der Waals surface area contributed by atoms with Crippen LogP contribution in [0.4, 0.5) is 0 Å². The van der Waals surface area contributed by atoms with Gasteiger partial charge in [0.15, 0.2) is 6.10 Å². The Hall–Kier alpha value is -0.900. The Bertz CT molecular complexity index is 247. The minimum atomic E-state index is -0.799. The van der Waals surface area contributed by atoms with Crippen molar-refractivity contribution in [1.82, 2.24) is 0 Å². The molecule has 0 aromatic heterocycles. The highest BCUT2D eigenvalue weighted by Gasteiger charge is 2.41. The van der Waals surface area contributed by atoms with Crippen LogP contribution in [0.25, 0.3) is 0 Å². The molecule has 0 spiro atoms. The number of cyclic esters (lactones) is 1. The Morgan fingerprint density at radius 1 is 1.53 bits per heavy atom. The first-order valence-electron chi connectivity index (χ1n) is 5.29. The van der Waals surface area contributed by atoms with E-state index in [0.29, 0.717) is 18.8 Å². The molecule has 0 radical (unpaired) electrons. The highest BCUT2D eigenvalue weighted by atomic mass is 16.8. The summed E-state index contributed by atoms with van der Waals surface area (Å²) in [5.41, 5.74) is 0. The van der Waals surface area contributed by atoms with Gasteiger partial charge in [-0.1, -0.05) is 6.92 Å². The first-order valence-corrected chi connectivity index (χ1v) is 5.29. The van der Waals surface area contributed by atoms with E-state index in [1.807, 2.05) is 6.92 Å². The minimum absolute atomic E-state index is 0.293. The SMILES string of the molecule is CC(CCC=O)C[C@@H]1OC(C)(C)OC1=O. The van der Waals surface area contributed by atoms with Crippen LogP contribution in [0.15, 0.2) is 0 Å². The summed E-state index contributed by atoms with van der Waals surface area (Å²) in [6, 6.07) is 0. The molecule has 0 N–H and O–H groups in total. The van der Waals surface area contributed by atoms with Gasteiger partial charge >= 0.3 is 5.97 Å². The largest absolute Gasteiger partial charge is 0.432 e. The number of carbonyl (C=O) groups excluding carboxylic acids is 2. The van der Waals surface area contributed by atoms with Crippen LogP contribution in [0.3, 0.4) is 0 Å². The lowest BCUT2D eigenvalue weighted by atomic mass is 9.99. The van der Waals surface area contributed by atoms with E-state index in [9.17, 15) is 9.59 Å². The third-order valence-electron chi connectivity index (χ3n) is 2.43. The molecular weight excluding hydrogens is 196 g/mol. The number of carbonyl (C=O) groups is 2. The van der Waals surface area contributed by atoms with Crippen molar-refractivity contribution in [1.29, 1.82) is 0 Å². The van der Waals surface area contributed by atoms with E-state index in [0.717, 1.165) is 12.7 Å². The van der Waals surface area contributed by atoms with E-state index in [1.54, 1.807) is 13.8 Å². The molecule has 15 heavy (non-hydrogen) atoms. The molecule has 1 heterocycles. The van der Waals surface area contributed by atoms with Crippen LogP contribution >= 0.6 is 0 Å². The number of aldehydes is 1. The average Bonchev–Trinajstić information content (AvgIpc) is 2.36. The lowest BCUT2D eigenvalue weighted by molar-refractivity contribution is -0.161. The van der Waals surface area contributed by atoms with Crippen LogP contribution in [0, 0.1) is 5.92 Å². The highest BCUT2D eigenvalue weighted by molar-refractivity contribution is 5.76. The summed E-state index contributed by atoms with van der Waals surface area (Å²) in [5, 5.41) is 0. The third-order valence-corrected chi connectivity index (χ3v) is 2.43. The van der Waals surface area contributed by atoms with Gasteiger partial charge in [0.1, 0.15) is 6.29 Å². The molecule has 4 nitrogen and oxygen atoms in total. The van der Waals surface area contributed by atoms with E-state index in [1.165, 1.54) is 0 Å². The van der Waals surface area contributed by atoms with Crippen LogP contribution in [-0.2, 0) is 19.1 Å². The Balaban J connectivity index is 2.39. The Kier molecular flexibility index (Phi) is 3.85. The summed E-state index contributed by atoms with van der Waals surface area (Å²) in [5.74, 6) is -0.800. The molecule has 1 aliphatic heterocycles. The zero-order valence-electron chi connectivity index (χ0n) is 9.49. The fourth-order valence-electron chi connectivity index (χ4n) is 1.70. The van der Waals surface area contributed by atoms with Crippen molar-refractivity contribution in [3.8, 4) is 0 Å². The molecule has 1 aliphatic rings. The third kappa shape index (κ3) is 3.63. The Morgan fingerprint density at radius 3 is 2.67 bits per heavy atom. The zero-order valence-corrected chi connectivity index (χ0v) is 9.49. The zero-order chi connectivity index (χ0) is 11.5. The molecule has 4 heteroatoms. The van der Waals surface area contributed by atoms with Gasteiger partial charge in [0.25, 0.3) is 0 Å². The van der Waals surface area contributed by atoms with Gasteiger partial charge in [-0.25, -0.2) is 4.79 Å². The van der Waals surface area contributed by atoms with Crippen LogP contribution in [-0.4, -0.2) is 24.1 Å². The maximum absolute atomic E-state index is 11.4. The fourth-order valence-corrected chi connectivity index (χ4v) is 1.70. The Morgan fingerprint density at radius 2 is 2.20 bits per heavy atom. The van der Waals surface area contributed by atoms with Crippen molar-refractivity contribution >= 4 is 12.3 Å². The number of hydrogen-bond donors (Lipinski definition) is 0. The molecule has 0 aromatic rings. The van der Waals surface area contributed by atoms with Gasteiger partial charge in [-0.3, -0.25) is 0 Å². The summed E-state index contributed by atoms with van der Waals surface area (Å²) < 4.78 is 10.5. The van der Waals surface area contributed by atoms with Gasteiger partial charge < -0.3 is 14.3 Å². The molecule has 1 rings (SSSR count). The summed E-state index contributed by atoms with van der Waals surface area (Å²) in [7, 11) is 0. The van der Waals surface area contributed by atoms with Crippen LogP contribution in [0.5, 0.6) is 0 Å². The van der Waals surface area contributed by atoms with Gasteiger partial charge in [-0.2, -0.15) is 0 Å². The number of ether oxygens (including phenoxy) is 2. The molecule has 2 atom stereocenters. The van der Waals surface area contributed by atoms with Gasteiger partial charge in [-0.05, 0) is 18.8 Å². The molecule has 86 valence electrons. The van der Waals surface area contributed by atoms with Crippen LogP contribution in [0.1, 0.15) is 40.0 Å². The van der Waals surface area contributed by atoms with Crippen molar-refractivity contribution < 1.29 is 19.1 Å². The van der Waals surface area contributed by atoms with E-state index in [2.05, 4.69) is 0 Å². The van der Waals surface area contributed by atoms with Gasteiger partial charge in [0, 0.05) is 20.3 Å². The molecule has 0 amide bonds. The summed E-state index contributed by atoms with van der Waals surface area (Å²) >= 11 is 0. The Labute approximate surface area is 89.9 Å². The van der Waals surface area contributed by atoms with E-state index >= 15 is 0 Å². The molecule has 1 fully saturated rings. The van der Waals surface area contributed by atoms with Crippen molar-refractivity contribution in [3.05, 3.63) is 0 Å². The summed E-state index contributed by atoms with van der Waals surface area (Å²) in [6.45, 7) is 5.45. The average molecular weight is 214 g/mol.